The van der Waals surface area contributed by atoms with Crippen LogP contribution in [0.15, 0.2) is 18.2 Å². The van der Waals surface area contributed by atoms with E-state index in [1.807, 2.05) is 0 Å². The fourth-order valence-electron chi connectivity index (χ4n) is 1.13. The Labute approximate surface area is 96.8 Å². The Morgan fingerprint density at radius 1 is 1.57 bits per heavy atom. The first-order valence-corrected chi connectivity index (χ1v) is 5.83. The van der Waals surface area contributed by atoms with E-state index < -0.39 is 0 Å². The van der Waals surface area contributed by atoms with E-state index in [0.717, 1.165) is 9.99 Å². The van der Waals surface area contributed by atoms with Gasteiger partial charge in [-0.1, -0.05) is 22.6 Å². The Morgan fingerprint density at radius 2 is 2.29 bits per heavy atom. The summed E-state index contributed by atoms with van der Waals surface area (Å²) in [5.74, 6) is -0.279. The SMILES string of the molecule is CCOC(=O)c1ccc(N)cc1CI. The Bertz CT molecular complexity index is 339. The van der Waals surface area contributed by atoms with E-state index in [-0.39, 0.29) is 5.97 Å². The first-order chi connectivity index (χ1) is 6.69. The van der Waals surface area contributed by atoms with Gasteiger partial charge in [-0.3, -0.25) is 0 Å². The summed E-state index contributed by atoms with van der Waals surface area (Å²) in [6, 6.07) is 5.22. The third-order valence-electron chi connectivity index (χ3n) is 1.77. The highest BCUT2D eigenvalue weighted by atomic mass is 127. The number of benzene rings is 1. The van der Waals surface area contributed by atoms with Crippen LogP contribution in [0.1, 0.15) is 22.8 Å². The molecule has 1 rings (SSSR count). The summed E-state index contributed by atoms with van der Waals surface area (Å²) in [5, 5.41) is 0. The molecule has 0 aromatic heterocycles. The first-order valence-electron chi connectivity index (χ1n) is 4.30. The van der Waals surface area contributed by atoms with Gasteiger partial charge in [-0.2, -0.15) is 0 Å². The van der Waals surface area contributed by atoms with Crippen molar-refractivity contribution >= 4 is 34.2 Å². The van der Waals surface area contributed by atoms with Gasteiger partial charge in [0.2, 0.25) is 0 Å². The van der Waals surface area contributed by atoms with Gasteiger partial charge in [-0.15, -0.1) is 0 Å². The molecule has 0 heterocycles. The number of halogens is 1. The van der Waals surface area contributed by atoms with Crippen molar-refractivity contribution in [1.29, 1.82) is 0 Å². The average molecular weight is 305 g/mol. The van der Waals surface area contributed by atoms with E-state index in [1.54, 1.807) is 25.1 Å². The summed E-state index contributed by atoms with van der Waals surface area (Å²) in [6.07, 6.45) is 0. The van der Waals surface area contributed by atoms with Crippen LogP contribution in [0.2, 0.25) is 0 Å². The number of alkyl halides is 1. The lowest BCUT2D eigenvalue weighted by molar-refractivity contribution is 0.0525. The molecule has 0 fully saturated rings. The topological polar surface area (TPSA) is 52.3 Å². The fourth-order valence-corrected chi connectivity index (χ4v) is 1.76. The molecule has 0 aliphatic carbocycles. The summed E-state index contributed by atoms with van der Waals surface area (Å²) in [4.78, 5) is 11.5. The van der Waals surface area contributed by atoms with Crippen molar-refractivity contribution in [3.8, 4) is 0 Å². The lowest BCUT2D eigenvalue weighted by atomic mass is 10.1. The maximum atomic E-state index is 11.5. The maximum Gasteiger partial charge on any atom is 0.338 e. The van der Waals surface area contributed by atoms with Crippen molar-refractivity contribution in [2.75, 3.05) is 12.3 Å². The molecule has 76 valence electrons. The zero-order valence-electron chi connectivity index (χ0n) is 7.92. The van der Waals surface area contributed by atoms with E-state index in [1.165, 1.54) is 0 Å². The summed E-state index contributed by atoms with van der Waals surface area (Å²) < 4.78 is 5.67. The van der Waals surface area contributed by atoms with Gasteiger partial charge in [0.25, 0.3) is 0 Å². The highest BCUT2D eigenvalue weighted by Gasteiger charge is 2.11. The largest absolute Gasteiger partial charge is 0.462 e. The number of hydrogen-bond donors (Lipinski definition) is 1. The second-order valence-electron chi connectivity index (χ2n) is 2.77. The molecule has 1 aromatic rings. The van der Waals surface area contributed by atoms with Gasteiger partial charge >= 0.3 is 5.97 Å². The molecule has 4 heteroatoms. The fraction of sp³-hybridized carbons (Fsp3) is 0.300. The van der Waals surface area contributed by atoms with E-state index in [4.69, 9.17) is 10.5 Å². The van der Waals surface area contributed by atoms with Crippen molar-refractivity contribution in [2.24, 2.45) is 0 Å². The van der Waals surface area contributed by atoms with E-state index in [9.17, 15) is 4.79 Å². The maximum absolute atomic E-state index is 11.5. The Balaban J connectivity index is 3.01. The smallest absolute Gasteiger partial charge is 0.338 e. The van der Waals surface area contributed by atoms with Gasteiger partial charge in [0.15, 0.2) is 0 Å². The van der Waals surface area contributed by atoms with Crippen molar-refractivity contribution in [3.63, 3.8) is 0 Å². The summed E-state index contributed by atoms with van der Waals surface area (Å²) >= 11 is 2.19. The number of ether oxygens (including phenoxy) is 1. The predicted molar refractivity (Wildman–Crippen MR) is 64.5 cm³/mol. The number of hydrogen-bond acceptors (Lipinski definition) is 3. The second kappa shape index (κ2) is 5.19. The van der Waals surface area contributed by atoms with Crippen molar-refractivity contribution in [2.45, 2.75) is 11.4 Å². The third-order valence-corrected chi connectivity index (χ3v) is 2.59. The average Bonchev–Trinajstić information content (AvgIpc) is 2.17. The van der Waals surface area contributed by atoms with Gasteiger partial charge in [-0.25, -0.2) is 4.79 Å². The van der Waals surface area contributed by atoms with Crippen LogP contribution in [0.3, 0.4) is 0 Å². The number of rotatable bonds is 3. The van der Waals surface area contributed by atoms with Crippen molar-refractivity contribution in [1.82, 2.24) is 0 Å². The highest BCUT2D eigenvalue weighted by Crippen LogP contribution is 2.17. The van der Waals surface area contributed by atoms with E-state index in [2.05, 4.69) is 22.6 Å². The first kappa shape index (κ1) is 11.3. The molecule has 0 atom stereocenters. The minimum Gasteiger partial charge on any atom is -0.462 e. The van der Waals surface area contributed by atoms with Crippen LogP contribution in [0.25, 0.3) is 0 Å². The van der Waals surface area contributed by atoms with Crippen LogP contribution in [-0.4, -0.2) is 12.6 Å². The van der Waals surface area contributed by atoms with Crippen LogP contribution in [0, 0.1) is 0 Å². The number of nitrogen functional groups attached to an aromatic ring is 1. The number of nitrogens with two attached hydrogens (primary N) is 1. The Morgan fingerprint density at radius 3 is 2.86 bits per heavy atom. The molecule has 0 aliphatic rings. The molecular weight excluding hydrogens is 293 g/mol. The standard InChI is InChI=1S/C10H12INO2/c1-2-14-10(13)9-4-3-8(12)5-7(9)6-11/h3-5H,2,6,12H2,1H3. The highest BCUT2D eigenvalue weighted by molar-refractivity contribution is 14.1. The van der Waals surface area contributed by atoms with Crippen LogP contribution < -0.4 is 5.73 Å². The molecule has 0 saturated carbocycles. The third kappa shape index (κ3) is 2.60. The molecule has 3 nitrogen and oxygen atoms in total. The number of anilines is 1. The minimum atomic E-state index is -0.279. The molecule has 2 N–H and O–H groups in total. The van der Waals surface area contributed by atoms with E-state index in [0.29, 0.717) is 17.9 Å². The number of esters is 1. The zero-order chi connectivity index (χ0) is 10.6. The molecular formula is C10H12INO2. The minimum absolute atomic E-state index is 0.279. The quantitative estimate of drug-likeness (QED) is 0.404. The van der Waals surface area contributed by atoms with Crippen LogP contribution in [-0.2, 0) is 9.16 Å². The molecule has 14 heavy (non-hydrogen) atoms. The zero-order valence-corrected chi connectivity index (χ0v) is 10.1. The van der Waals surface area contributed by atoms with E-state index >= 15 is 0 Å². The molecule has 0 radical (unpaired) electrons. The summed E-state index contributed by atoms with van der Waals surface area (Å²) in [7, 11) is 0. The normalized spacial score (nSPS) is 9.86. The monoisotopic (exact) mass is 305 g/mol. The lowest BCUT2D eigenvalue weighted by Crippen LogP contribution is -2.07. The molecule has 0 saturated heterocycles. The van der Waals surface area contributed by atoms with Crippen LogP contribution in [0.4, 0.5) is 5.69 Å². The van der Waals surface area contributed by atoms with Crippen LogP contribution >= 0.6 is 22.6 Å². The summed E-state index contributed by atoms with van der Waals surface area (Å²) in [5.41, 5.74) is 7.82. The number of carbonyl (C=O) groups is 1. The molecule has 0 spiro atoms. The predicted octanol–water partition coefficient (Wildman–Crippen LogP) is 2.38. The van der Waals surface area contributed by atoms with Gasteiger partial charge in [0.1, 0.15) is 0 Å². The van der Waals surface area contributed by atoms with Crippen molar-refractivity contribution < 1.29 is 9.53 Å². The molecule has 0 bridgehead atoms. The second-order valence-corrected chi connectivity index (χ2v) is 3.53. The molecule has 0 amide bonds. The Kier molecular flexibility index (Phi) is 4.19. The van der Waals surface area contributed by atoms with Gasteiger partial charge in [0, 0.05) is 10.1 Å². The van der Waals surface area contributed by atoms with Gasteiger partial charge in [-0.05, 0) is 30.7 Å². The molecule has 1 aromatic carbocycles. The van der Waals surface area contributed by atoms with Gasteiger partial charge < -0.3 is 10.5 Å². The number of carbonyl (C=O) groups excluding carboxylic acids is 1. The Hall–Kier alpha value is -0.780. The molecule has 0 unspecified atom stereocenters. The molecule has 0 aliphatic heterocycles. The van der Waals surface area contributed by atoms with Gasteiger partial charge in [0.05, 0.1) is 12.2 Å². The van der Waals surface area contributed by atoms with Crippen molar-refractivity contribution in [3.05, 3.63) is 29.3 Å². The van der Waals surface area contributed by atoms with Crippen LogP contribution in [0.5, 0.6) is 0 Å². The lowest BCUT2D eigenvalue weighted by Gasteiger charge is -2.07. The summed E-state index contributed by atoms with van der Waals surface area (Å²) in [6.45, 7) is 2.18.